The minimum atomic E-state index is -3.50. The average molecular weight is 358 g/mol. The highest BCUT2D eigenvalue weighted by molar-refractivity contribution is 9.10. The molecule has 1 saturated heterocycles. The largest absolute Gasteiger partial charge is 0.391 e. The van der Waals surface area contributed by atoms with Gasteiger partial charge in [0.25, 0.3) is 0 Å². The molecule has 2 saturated carbocycles. The van der Waals surface area contributed by atoms with E-state index in [1.54, 1.807) is 28.6 Å². The van der Waals surface area contributed by atoms with Gasteiger partial charge in [0.15, 0.2) is 0 Å². The predicted octanol–water partition coefficient (Wildman–Crippen LogP) is 1.84. The number of hydrogen-bond acceptors (Lipinski definition) is 3. The van der Waals surface area contributed by atoms with Crippen molar-refractivity contribution in [1.82, 2.24) is 4.31 Å². The zero-order chi connectivity index (χ0) is 14.1. The zero-order valence-corrected chi connectivity index (χ0v) is 13.2. The summed E-state index contributed by atoms with van der Waals surface area (Å²) >= 11 is 3.32. The van der Waals surface area contributed by atoms with E-state index in [4.69, 9.17) is 0 Å². The highest BCUT2D eigenvalue weighted by atomic mass is 79.9. The summed E-state index contributed by atoms with van der Waals surface area (Å²) in [4.78, 5) is 0.317. The Labute approximate surface area is 127 Å². The van der Waals surface area contributed by atoms with E-state index in [0.29, 0.717) is 29.2 Å². The number of rotatable bonds is 2. The topological polar surface area (TPSA) is 57.6 Å². The summed E-state index contributed by atoms with van der Waals surface area (Å²) in [6, 6.07) is 6.53. The van der Waals surface area contributed by atoms with Gasteiger partial charge in [-0.2, -0.15) is 4.31 Å². The van der Waals surface area contributed by atoms with Gasteiger partial charge in [-0.3, -0.25) is 0 Å². The number of nitrogens with zero attached hydrogens (tertiary/aromatic N) is 1. The summed E-state index contributed by atoms with van der Waals surface area (Å²) in [5.41, 5.74) is 0. The highest BCUT2D eigenvalue weighted by Gasteiger charge is 2.61. The minimum absolute atomic E-state index is 0.201. The van der Waals surface area contributed by atoms with Crippen LogP contribution in [-0.4, -0.2) is 36.5 Å². The molecule has 0 radical (unpaired) electrons. The number of halogens is 1. The number of hydrogen-bond donors (Lipinski definition) is 1. The van der Waals surface area contributed by atoms with Crippen molar-refractivity contribution < 1.29 is 13.5 Å². The first kappa shape index (κ1) is 13.2. The molecule has 2 bridgehead atoms. The van der Waals surface area contributed by atoms with Crippen molar-refractivity contribution in [3.8, 4) is 0 Å². The van der Waals surface area contributed by atoms with E-state index >= 15 is 0 Å². The minimum Gasteiger partial charge on any atom is -0.391 e. The van der Waals surface area contributed by atoms with E-state index in [-0.39, 0.29) is 6.04 Å². The summed E-state index contributed by atoms with van der Waals surface area (Å²) in [6.45, 7) is 0.571. The normalized spacial score (nSPS) is 39.6. The molecule has 2 aliphatic carbocycles. The quantitative estimate of drug-likeness (QED) is 0.878. The van der Waals surface area contributed by atoms with Gasteiger partial charge in [-0.15, -0.1) is 0 Å². The molecule has 3 fully saturated rings. The average Bonchev–Trinajstić information content (AvgIpc) is 3.00. The van der Waals surface area contributed by atoms with Gasteiger partial charge in [0.1, 0.15) is 0 Å². The van der Waals surface area contributed by atoms with E-state index < -0.39 is 16.1 Å². The molecule has 1 aromatic carbocycles. The molecule has 1 aromatic rings. The molecule has 1 aliphatic heterocycles. The van der Waals surface area contributed by atoms with E-state index in [1.165, 1.54) is 0 Å². The number of aliphatic hydroxyl groups excluding tert-OH is 1. The molecule has 5 unspecified atom stereocenters. The smallest absolute Gasteiger partial charge is 0.243 e. The van der Waals surface area contributed by atoms with Gasteiger partial charge in [0.05, 0.1) is 17.0 Å². The lowest BCUT2D eigenvalue weighted by Crippen LogP contribution is -2.43. The Morgan fingerprint density at radius 3 is 2.50 bits per heavy atom. The molecule has 1 heterocycles. The fourth-order valence-corrected chi connectivity index (χ4v) is 6.38. The van der Waals surface area contributed by atoms with Crippen LogP contribution in [0, 0.1) is 17.8 Å². The number of benzene rings is 1. The molecule has 20 heavy (non-hydrogen) atoms. The third-order valence-corrected chi connectivity index (χ3v) is 7.63. The molecule has 4 rings (SSSR count). The maximum Gasteiger partial charge on any atom is 0.243 e. The van der Waals surface area contributed by atoms with Crippen LogP contribution in [-0.2, 0) is 10.0 Å². The van der Waals surface area contributed by atoms with Crippen molar-refractivity contribution in [3.63, 3.8) is 0 Å². The molecule has 0 aromatic heterocycles. The summed E-state index contributed by atoms with van der Waals surface area (Å²) in [5, 5.41) is 10.3. The molecule has 108 valence electrons. The van der Waals surface area contributed by atoms with Crippen LogP contribution in [0.15, 0.2) is 33.6 Å². The zero-order valence-electron chi connectivity index (χ0n) is 10.8. The summed E-state index contributed by atoms with van der Waals surface area (Å²) < 4.78 is 28.0. The Morgan fingerprint density at radius 2 is 1.85 bits per heavy atom. The van der Waals surface area contributed by atoms with E-state index in [9.17, 15) is 13.5 Å². The Hall–Kier alpha value is -0.430. The summed E-state index contributed by atoms with van der Waals surface area (Å²) in [6.07, 6.45) is 1.49. The third-order valence-electron chi connectivity index (χ3n) is 5.22. The van der Waals surface area contributed by atoms with Crippen LogP contribution in [0.25, 0.3) is 0 Å². The van der Waals surface area contributed by atoms with Crippen molar-refractivity contribution in [2.75, 3.05) is 6.54 Å². The molecule has 0 spiro atoms. The lowest BCUT2D eigenvalue weighted by molar-refractivity contribution is 0.0731. The van der Waals surface area contributed by atoms with E-state index in [0.717, 1.165) is 17.3 Å². The molecular weight excluding hydrogens is 342 g/mol. The van der Waals surface area contributed by atoms with Crippen molar-refractivity contribution >= 4 is 26.0 Å². The maximum absolute atomic E-state index is 12.8. The van der Waals surface area contributed by atoms with Crippen LogP contribution in [0.1, 0.15) is 12.8 Å². The summed E-state index contributed by atoms with van der Waals surface area (Å²) in [7, 11) is -3.50. The first-order valence-corrected chi connectivity index (χ1v) is 9.17. The van der Waals surface area contributed by atoms with E-state index in [2.05, 4.69) is 15.9 Å². The molecule has 6 heteroatoms. The predicted molar refractivity (Wildman–Crippen MR) is 77.5 cm³/mol. The second kappa shape index (κ2) is 4.29. The van der Waals surface area contributed by atoms with Gasteiger partial charge in [-0.05, 0) is 54.9 Å². The van der Waals surface area contributed by atoms with Gasteiger partial charge in [0.2, 0.25) is 10.0 Å². The fourth-order valence-electron chi connectivity index (χ4n) is 4.38. The highest BCUT2D eigenvalue weighted by Crippen LogP contribution is 2.56. The second-order valence-corrected chi connectivity index (χ2v) is 8.97. The van der Waals surface area contributed by atoms with Crippen molar-refractivity contribution in [3.05, 3.63) is 28.7 Å². The Morgan fingerprint density at radius 1 is 1.15 bits per heavy atom. The van der Waals surface area contributed by atoms with Crippen molar-refractivity contribution in [2.24, 2.45) is 17.8 Å². The third kappa shape index (κ3) is 1.68. The number of aliphatic hydroxyl groups is 1. The monoisotopic (exact) mass is 357 g/mol. The van der Waals surface area contributed by atoms with Gasteiger partial charge in [-0.25, -0.2) is 8.42 Å². The summed E-state index contributed by atoms with van der Waals surface area (Å²) in [5.74, 6) is 1.11. The van der Waals surface area contributed by atoms with Gasteiger partial charge in [-0.1, -0.05) is 15.9 Å². The Bertz CT molecular complexity index is 643. The molecular formula is C14H16BrNO3S. The Kier molecular flexibility index (Phi) is 2.84. The van der Waals surface area contributed by atoms with Crippen LogP contribution in [0.2, 0.25) is 0 Å². The van der Waals surface area contributed by atoms with Crippen LogP contribution in [0.4, 0.5) is 0 Å². The van der Waals surface area contributed by atoms with Crippen LogP contribution >= 0.6 is 15.9 Å². The van der Waals surface area contributed by atoms with Crippen LogP contribution in [0.3, 0.4) is 0 Å². The number of fused-ring (bicyclic) bond motifs is 1. The van der Waals surface area contributed by atoms with Gasteiger partial charge < -0.3 is 5.11 Å². The molecule has 0 amide bonds. The first-order chi connectivity index (χ1) is 9.48. The molecule has 5 atom stereocenters. The lowest BCUT2D eigenvalue weighted by Gasteiger charge is -2.28. The molecule has 4 nitrogen and oxygen atoms in total. The van der Waals surface area contributed by atoms with E-state index in [1.807, 2.05) is 0 Å². The first-order valence-electron chi connectivity index (χ1n) is 6.94. The lowest BCUT2D eigenvalue weighted by atomic mass is 9.88. The molecule has 3 aliphatic rings. The second-order valence-electron chi connectivity index (χ2n) is 6.17. The van der Waals surface area contributed by atoms with Crippen molar-refractivity contribution in [1.29, 1.82) is 0 Å². The number of sulfonamides is 1. The van der Waals surface area contributed by atoms with Crippen LogP contribution < -0.4 is 0 Å². The van der Waals surface area contributed by atoms with Crippen molar-refractivity contribution in [2.45, 2.75) is 29.9 Å². The molecule has 1 N–H and O–H groups in total. The van der Waals surface area contributed by atoms with Crippen LogP contribution in [0.5, 0.6) is 0 Å². The van der Waals surface area contributed by atoms with Gasteiger partial charge >= 0.3 is 0 Å². The SMILES string of the molecule is O=S(=O)(c1ccc(Br)cc1)N1CC2CC3CC2C1C3O. The maximum atomic E-state index is 12.8. The fraction of sp³-hybridized carbons (Fsp3) is 0.571. The standard InChI is InChI=1S/C14H16BrNO3S/c15-10-1-3-11(4-2-10)20(18,19)16-7-9-5-8-6-12(9)13(16)14(8)17/h1-4,8-9,12-14,17H,5-7H2. The Balaban J connectivity index is 1.72. The van der Waals surface area contributed by atoms with Gasteiger partial charge in [0, 0.05) is 11.0 Å².